The fraction of sp³-hybridized carbons (Fsp3) is 0.267. The van der Waals surface area contributed by atoms with Crippen molar-refractivity contribution < 1.29 is 9.53 Å². The second-order valence-corrected chi connectivity index (χ2v) is 4.56. The van der Waals surface area contributed by atoms with E-state index in [1.807, 2.05) is 31.2 Å². The van der Waals surface area contributed by atoms with Gasteiger partial charge in [0, 0.05) is 19.8 Å². The Bertz CT molecular complexity index is 596. The highest BCUT2D eigenvalue weighted by Crippen LogP contribution is 2.14. The van der Waals surface area contributed by atoms with Gasteiger partial charge in [-0.25, -0.2) is 4.98 Å². The number of amides is 1. The zero-order valence-electron chi connectivity index (χ0n) is 11.8. The van der Waals surface area contributed by atoms with Crippen molar-refractivity contribution in [3.8, 4) is 5.75 Å². The van der Waals surface area contributed by atoms with Crippen LogP contribution in [-0.2, 0) is 6.54 Å². The molecule has 5 heteroatoms. The first-order valence-corrected chi connectivity index (χ1v) is 6.27. The second kappa shape index (κ2) is 6.14. The summed E-state index contributed by atoms with van der Waals surface area (Å²) in [5, 5.41) is 0. The minimum atomic E-state index is -0.152. The van der Waals surface area contributed by atoms with E-state index in [0.29, 0.717) is 12.2 Å². The molecule has 0 unspecified atom stereocenters. The number of aryl methyl sites for hydroxylation is 1. The van der Waals surface area contributed by atoms with Gasteiger partial charge in [-0.2, -0.15) is 0 Å². The number of aromatic nitrogens is 2. The highest BCUT2D eigenvalue weighted by Gasteiger charge is 2.13. The van der Waals surface area contributed by atoms with Crippen LogP contribution in [0.3, 0.4) is 0 Å². The molecule has 0 N–H and O–H groups in total. The van der Waals surface area contributed by atoms with Crippen LogP contribution in [0.2, 0.25) is 0 Å². The Morgan fingerprint density at radius 1 is 1.30 bits per heavy atom. The lowest BCUT2D eigenvalue weighted by molar-refractivity contribution is 0.0778. The third kappa shape index (κ3) is 3.32. The molecule has 1 heterocycles. The lowest BCUT2D eigenvalue weighted by Gasteiger charge is -2.17. The maximum Gasteiger partial charge on any atom is 0.274 e. The molecular weight excluding hydrogens is 254 g/mol. The van der Waals surface area contributed by atoms with Crippen molar-refractivity contribution in [1.29, 1.82) is 0 Å². The highest BCUT2D eigenvalue weighted by atomic mass is 16.5. The van der Waals surface area contributed by atoms with Crippen molar-refractivity contribution in [3.05, 3.63) is 53.6 Å². The van der Waals surface area contributed by atoms with Gasteiger partial charge in [-0.05, 0) is 24.6 Å². The number of rotatable bonds is 4. The number of benzene rings is 1. The number of methoxy groups -OCH3 is 1. The van der Waals surface area contributed by atoms with E-state index in [-0.39, 0.29) is 5.91 Å². The third-order valence-corrected chi connectivity index (χ3v) is 2.90. The number of carbonyl (C=O) groups excluding carboxylic acids is 1. The van der Waals surface area contributed by atoms with E-state index in [2.05, 4.69) is 9.97 Å². The Labute approximate surface area is 118 Å². The summed E-state index contributed by atoms with van der Waals surface area (Å²) in [6, 6.07) is 7.63. The van der Waals surface area contributed by atoms with Gasteiger partial charge in [-0.15, -0.1) is 0 Å². The minimum Gasteiger partial charge on any atom is -0.497 e. The molecule has 5 nitrogen and oxygen atoms in total. The molecule has 2 rings (SSSR count). The van der Waals surface area contributed by atoms with Crippen LogP contribution in [-0.4, -0.2) is 34.9 Å². The summed E-state index contributed by atoms with van der Waals surface area (Å²) in [7, 11) is 3.36. The van der Waals surface area contributed by atoms with Crippen LogP contribution >= 0.6 is 0 Å². The predicted molar refractivity (Wildman–Crippen MR) is 75.6 cm³/mol. The van der Waals surface area contributed by atoms with Crippen LogP contribution in [0.5, 0.6) is 5.75 Å². The van der Waals surface area contributed by atoms with Gasteiger partial charge in [0.25, 0.3) is 5.91 Å². The molecule has 0 radical (unpaired) electrons. The zero-order chi connectivity index (χ0) is 14.5. The highest BCUT2D eigenvalue weighted by molar-refractivity contribution is 5.91. The molecule has 0 bridgehead atoms. The third-order valence-electron chi connectivity index (χ3n) is 2.90. The topological polar surface area (TPSA) is 55.3 Å². The zero-order valence-corrected chi connectivity index (χ0v) is 11.8. The van der Waals surface area contributed by atoms with Crippen molar-refractivity contribution >= 4 is 5.91 Å². The fourth-order valence-corrected chi connectivity index (χ4v) is 1.82. The second-order valence-electron chi connectivity index (χ2n) is 4.56. The largest absolute Gasteiger partial charge is 0.497 e. The predicted octanol–water partition coefficient (Wildman–Crippen LogP) is 2.07. The van der Waals surface area contributed by atoms with Gasteiger partial charge < -0.3 is 9.64 Å². The van der Waals surface area contributed by atoms with E-state index in [0.717, 1.165) is 17.0 Å². The number of ether oxygens (including phenoxy) is 1. The Morgan fingerprint density at radius 2 is 2.10 bits per heavy atom. The number of nitrogens with zero attached hydrogens (tertiary/aromatic N) is 3. The SMILES string of the molecule is COc1cccc(CN(C)C(=O)c2cnc(C)cn2)c1. The molecular formula is C15H17N3O2. The summed E-state index contributed by atoms with van der Waals surface area (Å²) >= 11 is 0. The van der Waals surface area contributed by atoms with Gasteiger partial charge in [-0.1, -0.05) is 12.1 Å². The average Bonchev–Trinajstić information content (AvgIpc) is 2.47. The molecule has 0 saturated carbocycles. The summed E-state index contributed by atoms with van der Waals surface area (Å²) in [6.45, 7) is 2.33. The van der Waals surface area contributed by atoms with Crippen LogP contribution < -0.4 is 4.74 Å². The maximum absolute atomic E-state index is 12.2. The van der Waals surface area contributed by atoms with E-state index in [9.17, 15) is 4.79 Å². The Morgan fingerprint density at radius 3 is 2.75 bits per heavy atom. The normalized spacial score (nSPS) is 10.2. The van der Waals surface area contributed by atoms with Crippen molar-refractivity contribution in [2.24, 2.45) is 0 Å². The van der Waals surface area contributed by atoms with E-state index < -0.39 is 0 Å². The Balaban J connectivity index is 2.09. The standard InChI is InChI=1S/C15H17N3O2/c1-11-8-17-14(9-16-11)15(19)18(2)10-12-5-4-6-13(7-12)20-3/h4-9H,10H2,1-3H3. The summed E-state index contributed by atoms with van der Waals surface area (Å²) in [5.74, 6) is 0.624. The molecule has 2 aromatic rings. The minimum absolute atomic E-state index is 0.152. The van der Waals surface area contributed by atoms with Crippen LogP contribution in [0, 0.1) is 6.92 Å². The Kier molecular flexibility index (Phi) is 4.30. The van der Waals surface area contributed by atoms with Gasteiger partial charge in [0.2, 0.25) is 0 Å². The molecule has 0 saturated heterocycles. The monoisotopic (exact) mass is 271 g/mol. The van der Waals surface area contributed by atoms with Crippen LogP contribution in [0.25, 0.3) is 0 Å². The molecule has 0 aliphatic carbocycles. The van der Waals surface area contributed by atoms with Gasteiger partial charge in [0.05, 0.1) is 19.0 Å². The number of hydrogen-bond acceptors (Lipinski definition) is 4. The quantitative estimate of drug-likeness (QED) is 0.854. The lowest BCUT2D eigenvalue weighted by Crippen LogP contribution is -2.27. The van der Waals surface area contributed by atoms with Crippen molar-refractivity contribution in [3.63, 3.8) is 0 Å². The first-order chi connectivity index (χ1) is 9.60. The average molecular weight is 271 g/mol. The molecule has 104 valence electrons. The first kappa shape index (κ1) is 14.0. The molecule has 20 heavy (non-hydrogen) atoms. The van der Waals surface area contributed by atoms with Crippen LogP contribution in [0.15, 0.2) is 36.7 Å². The Hall–Kier alpha value is -2.43. The summed E-state index contributed by atoms with van der Waals surface area (Å²) in [4.78, 5) is 22.0. The van der Waals surface area contributed by atoms with E-state index >= 15 is 0 Å². The molecule has 0 atom stereocenters. The van der Waals surface area contributed by atoms with Gasteiger partial charge >= 0.3 is 0 Å². The molecule has 0 fully saturated rings. The molecule has 0 aliphatic rings. The van der Waals surface area contributed by atoms with Crippen LogP contribution in [0.4, 0.5) is 0 Å². The van der Waals surface area contributed by atoms with Gasteiger partial charge in [0.1, 0.15) is 11.4 Å². The van der Waals surface area contributed by atoms with Crippen LogP contribution in [0.1, 0.15) is 21.7 Å². The van der Waals surface area contributed by atoms with E-state index in [1.54, 1.807) is 25.3 Å². The first-order valence-electron chi connectivity index (χ1n) is 6.27. The summed E-state index contributed by atoms with van der Waals surface area (Å²) in [5.41, 5.74) is 2.14. The summed E-state index contributed by atoms with van der Waals surface area (Å²) in [6.07, 6.45) is 3.09. The molecule has 0 aliphatic heterocycles. The number of carbonyl (C=O) groups is 1. The van der Waals surface area contributed by atoms with Crippen molar-refractivity contribution in [2.75, 3.05) is 14.2 Å². The van der Waals surface area contributed by atoms with E-state index in [1.165, 1.54) is 6.20 Å². The van der Waals surface area contributed by atoms with E-state index in [4.69, 9.17) is 4.74 Å². The van der Waals surface area contributed by atoms with Crippen molar-refractivity contribution in [1.82, 2.24) is 14.9 Å². The molecule has 1 aromatic carbocycles. The number of hydrogen-bond donors (Lipinski definition) is 0. The maximum atomic E-state index is 12.2. The fourth-order valence-electron chi connectivity index (χ4n) is 1.82. The molecule has 1 aromatic heterocycles. The smallest absolute Gasteiger partial charge is 0.274 e. The lowest BCUT2D eigenvalue weighted by atomic mass is 10.2. The van der Waals surface area contributed by atoms with Crippen molar-refractivity contribution in [2.45, 2.75) is 13.5 Å². The van der Waals surface area contributed by atoms with Gasteiger partial charge in [-0.3, -0.25) is 9.78 Å². The molecule has 1 amide bonds. The van der Waals surface area contributed by atoms with Gasteiger partial charge in [0.15, 0.2) is 0 Å². The summed E-state index contributed by atoms with van der Waals surface area (Å²) < 4.78 is 5.17. The molecule has 0 spiro atoms.